The lowest BCUT2D eigenvalue weighted by Gasteiger charge is -2.08. The van der Waals surface area contributed by atoms with Crippen LogP contribution in [-0.4, -0.2) is 18.5 Å². The van der Waals surface area contributed by atoms with E-state index >= 15 is 0 Å². The Morgan fingerprint density at radius 2 is 1.28 bits per heavy atom. The summed E-state index contributed by atoms with van der Waals surface area (Å²) in [6.45, 7) is 5.57. The van der Waals surface area contributed by atoms with Crippen molar-refractivity contribution >= 4 is 0 Å². The van der Waals surface area contributed by atoms with E-state index < -0.39 is 0 Å². The molecule has 0 aromatic carbocycles. The van der Waals surface area contributed by atoms with Crippen molar-refractivity contribution < 1.29 is 0 Å². The predicted molar refractivity (Wildman–Crippen MR) is 84.3 cm³/mol. The molecule has 0 atom stereocenters. The maximum Gasteiger partial charge on any atom is 0.0140 e. The fraction of sp³-hybridized carbons (Fsp3) is 0.875. The van der Waals surface area contributed by atoms with Crippen LogP contribution in [0, 0.1) is 0 Å². The molecule has 0 aromatic rings. The van der Waals surface area contributed by atoms with Gasteiger partial charge in [-0.05, 0) is 26.0 Å². The lowest BCUT2D eigenvalue weighted by molar-refractivity contribution is 0.481. The minimum Gasteiger partial charge on any atom is -0.381 e. The van der Waals surface area contributed by atoms with Gasteiger partial charge in [-0.25, -0.2) is 0 Å². The van der Waals surface area contributed by atoms with Gasteiger partial charge in [-0.2, -0.15) is 0 Å². The molecule has 2 heteroatoms. The van der Waals surface area contributed by atoms with Crippen molar-refractivity contribution in [3.8, 4) is 0 Å². The zero-order valence-corrected chi connectivity index (χ0v) is 13.1. The van der Waals surface area contributed by atoms with Crippen molar-refractivity contribution in [2.75, 3.05) is 13.6 Å². The lowest BCUT2D eigenvalue weighted by atomic mass is 10.1. The van der Waals surface area contributed by atoms with Gasteiger partial charge in [0.2, 0.25) is 0 Å². The van der Waals surface area contributed by atoms with E-state index in [1.54, 1.807) is 0 Å². The molecule has 0 aliphatic heterocycles. The molecule has 0 aliphatic carbocycles. The average molecular weight is 256 g/mol. The molecule has 3 N–H and O–H groups in total. The first-order chi connectivity index (χ1) is 8.31. The Morgan fingerprint density at radius 3 is 1.78 bits per heavy atom. The molecule has 0 saturated heterocycles. The van der Waals surface area contributed by atoms with Gasteiger partial charge in [0.25, 0.3) is 0 Å². The first-order valence-electron chi connectivity index (χ1n) is 7.68. The van der Waals surface area contributed by atoms with Gasteiger partial charge in [-0.1, -0.05) is 64.4 Å². The van der Waals surface area contributed by atoms with Gasteiger partial charge >= 0.3 is 0 Å². The molecule has 2 nitrogen and oxygen atoms in total. The maximum atomic E-state index is 2.31. The highest BCUT2D eigenvalue weighted by Gasteiger charge is 1.91. The highest BCUT2D eigenvalue weighted by atomic mass is 15.1. The molecule has 18 heavy (non-hydrogen) atoms. The molecule has 0 amide bonds. The van der Waals surface area contributed by atoms with Gasteiger partial charge in [0.1, 0.15) is 0 Å². The standard InChI is InChI=1S/C16H33N.H3N/c1-4-6-7-8-9-10-11-12-13-14-15-16-17(3)5-2;/h15-16H,4-14H2,1-3H3;1H3. The van der Waals surface area contributed by atoms with E-state index in [4.69, 9.17) is 0 Å². The van der Waals surface area contributed by atoms with Crippen LogP contribution in [0.4, 0.5) is 0 Å². The van der Waals surface area contributed by atoms with E-state index in [1.165, 1.54) is 64.2 Å². The Bertz CT molecular complexity index is 166. The summed E-state index contributed by atoms with van der Waals surface area (Å²) in [6, 6.07) is 0. The Balaban J connectivity index is 0. The van der Waals surface area contributed by atoms with Crippen LogP contribution in [0.1, 0.15) is 78.1 Å². The molecule has 0 radical (unpaired) electrons. The van der Waals surface area contributed by atoms with Crippen LogP contribution in [-0.2, 0) is 0 Å². The summed E-state index contributed by atoms with van der Waals surface area (Å²) in [6.07, 6.45) is 18.6. The highest BCUT2D eigenvalue weighted by molar-refractivity contribution is 4.79. The van der Waals surface area contributed by atoms with Gasteiger partial charge < -0.3 is 11.1 Å². The fourth-order valence-electron chi connectivity index (χ4n) is 1.93. The van der Waals surface area contributed by atoms with Gasteiger partial charge in [0.05, 0.1) is 0 Å². The highest BCUT2D eigenvalue weighted by Crippen LogP contribution is 2.10. The van der Waals surface area contributed by atoms with Gasteiger partial charge in [0.15, 0.2) is 0 Å². The second-order valence-electron chi connectivity index (χ2n) is 5.08. The van der Waals surface area contributed by atoms with Crippen LogP contribution in [0.3, 0.4) is 0 Å². The summed E-state index contributed by atoms with van der Waals surface area (Å²) < 4.78 is 0. The molecule has 0 saturated carbocycles. The first-order valence-corrected chi connectivity index (χ1v) is 7.68. The van der Waals surface area contributed by atoms with Crippen molar-refractivity contribution in [3.05, 3.63) is 12.3 Å². The minimum absolute atomic E-state index is 0. The number of hydrogen-bond acceptors (Lipinski definition) is 2. The predicted octanol–water partition coefficient (Wildman–Crippen LogP) is 5.53. The van der Waals surface area contributed by atoms with E-state index in [0.29, 0.717) is 0 Å². The Morgan fingerprint density at radius 1 is 0.778 bits per heavy atom. The summed E-state index contributed by atoms with van der Waals surface area (Å²) in [4.78, 5) is 2.23. The molecular formula is C16H36N2. The molecule has 0 aromatic heterocycles. The largest absolute Gasteiger partial charge is 0.381 e. The molecule has 0 spiro atoms. The number of allylic oxidation sites excluding steroid dienone is 1. The van der Waals surface area contributed by atoms with E-state index in [2.05, 4.69) is 38.1 Å². The summed E-state index contributed by atoms with van der Waals surface area (Å²) in [5, 5.41) is 0. The third-order valence-corrected chi connectivity index (χ3v) is 3.33. The summed E-state index contributed by atoms with van der Waals surface area (Å²) in [5.74, 6) is 0. The van der Waals surface area contributed by atoms with E-state index in [1.807, 2.05) is 0 Å². The zero-order chi connectivity index (χ0) is 12.8. The lowest BCUT2D eigenvalue weighted by Crippen LogP contribution is -2.08. The van der Waals surface area contributed by atoms with Crippen molar-refractivity contribution in [1.29, 1.82) is 0 Å². The van der Waals surface area contributed by atoms with E-state index in [-0.39, 0.29) is 6.15 Å². The van der Waals surface area contributed by atoms with Crippen LogP contribution >= 0.6 is 0 Å². The Labute approximate surface area is 115 Å². The molecule has 0 aliphatic rings. The number of hydrogen-bond donors (Lipinski definition) is 1. The van der Waals surface area contributed by atoms with Gasteiger partial charge in [0, 0.05) is 13.6 Å². The molecule has 0 rings (SSSR count). The number of nitrogens with zero attached hydrogens (tertiary/aromatic N) is 1. The summed E-state index contributed by atoms with van der Waals surface area (Å²) in [7, 11) is 2.13. The molecule has 0 heterocycles. The second-order valence-corrected chi connectivity index (χ2v) is 5.08. The fourth-order valence-corrected chi connectivity index (χ4v) is 1.93. The molecule has 0 bridgehead atoms. The second kappa shape index (κ2) is 16.5. The summed E-state index contributed by atoms with van der Waals surface area (Å²) in [5.41, 5.74) is 0. The maximum absolute atomic E-state index is 2.31. The number of unbranched alkanes of at least 4 members (excludes halogenated alkanes) is 9. The van der Waals surface area contributed by atoms with Crippen LogP contribution < -0.4 is 6.15 Å². The average Bonchev–Trinajstić information content (AvgIpc) is 2.35. The topological polar surface area (TPSA) is 38.2 Å². The molecular weight excluding hydrogens is 220 g/mol. The third kappa shape index (κ3) is 15.5. The Kier molecular flexibility index (Phi) is 18.2. The zero-order valence-electron chi connectivity index (χ0n) is 13.1. The van der Waals surface area contributed by atoms with E-state index in [0.717, 1.165) is 6.54 Å². The quantitative estimate of drug-likeness (QED) is 0.466. The third-order valence-electron chi connectivity index (χ3n) is 3.33. The molecule has 0 unspecified atom stereocenters. The van der Waals surface area contributed by atoms with Crippen molar-refractivity contribution in [3.63, 3.8) is 0 Å². The van der Waals surface area contributed by atoms with Crippen LogP contribution in [0.25, 0.3) is 0 Å². The first kappa shape index (κ1) is 19.8. The van der Waals surface area contributed by atoms with Crippen LogP contribution in [0.2, 0.25) is 0 Å². The normalized spacial score (nSPS) is 10.6. The number of rotatable bonds is 12. The SMILES string of the molecule is CCCCCCCCCCCC=CN(C)CC.N. The van der Waals surface area contributed by atoms with Crippen molar-refractivity contribution in [2.24, 2.45) is 0 Å². The smallest absolute Gasteiger partial charge is 0.0140 e. The van der Waals surface area contributed by atoms with Crippen molar-refractivity contribution in [1.82, 2.24) is 11.1 Å². The molecule has 0 fully saturated rings. The van der Waals surface area contributed by atoms with Crippen molar-refractivity contribution in [2.45, 2.75) is 78.1 Å². The molecule has 110 valence electrons. The summed E-state index contributed by atoms with van der Waals surface area (Å²) >= 11 is 0. The van der Waals surface area contributed by atoms with Crippen LogP contribution in [0.5, 0.6) is 0 Å². The van der Waals surface area contributed by atoms with Gasteiger partial charge in [-0.3, -0.25) is 0 Å². The van der Waals surface area contributed by atoms with E-state index in [9.17, 15) is 0 Å². The minimum atomic E-state index is 0. The Hall–Kier alpha value is -0.500. The monoisotopic (exact) mass is 256 g/mol. The van der Waals surface area contributed by atoms with Crippen LogP contribution in [0.15, 0.2) is 12.3 Å². The van der Waals surface area contributed by atoms with Gasteiger partial charge in [-0.15, -0.1) is 0 Å².